The number of aliphatic hydroxyl groups is 2. The van der Waals surface area contributed by atoms with E-state index in [0.29, 0.717) is 12.8 Å². The van der Waals surface area contributed by atoms with Crippen molar-refractivity contribution >= 4 is 19.8 Å². The Hall–Kier alpha value is -1.29. The minimum Gasteiger partial charge on any atom is -0.457 e. The zero-order valence-corrected chi connectivity index (χ0v) is 25.0. The fourth-order valence-corrected chi connectivity index (χ4v) is 4.43. The molecule has 0 saturated heterocycles. The average molecular weight is 581 g/mol. The lowest BCUT2D eigenvalue weighted by Crippen LogP contribution is -2.28. The Kier molecular flexibility index (Phi) is 24.8. The topological polar surface area (TPSA) is 149 Å². The molecular formula is C28H53O10P. The van der Waals surface area contributed by atoms with Gasteiger partial charge in [-0.2, -0.15) is 0 Å². The van der Waals surface area contributed by atoms with E-state index in [-0.39, 0.29) is 12.8 Å². The number of hydrogen-bond acceptors (Lipinski definition) is 9. The van der Waals surface area contributed by atoms with Gasteiger partial charge >= 0.3 is 19.8 Å². The van der Waals surface area contributed by atoms with Crippen molar-refractivity contribution in [3.05, 3.63) is 12.2 Å². The van der Waals surface area contributed by atoms with Gasteiger partial charge in [0.15, 0.2) is 0 Å². The van der Waals surface area contributed by atoms with Gasteiger partial charge in [0.05, 0.1) is 26.4 Å². The van der Waals surface area contributed by atoms with Crippen LogP contribution in [-0.2, 0) is 32.7 Å². The Balaban J connectivity index is 4.12. The monoisotopic (exact) mass is 580 g/mol. The molecule has 0 radical (unpaired) electrons. The summed E-state index contributed by atoms with van der Waals surface area (Å²) in [5, 5.41) is 18.8. The van der Waals surface area contributed by atoms with Crippen molar-refractivity contribution in [2.75, 3.05) is 26.4 Å². The zero-order valence-electron chi connectivity index (χ0n) is 24.1. The van der Waals surface area contributed by atoms with Gasteiger partial charge in [0.1, 0.15) is 12.2 Å². The molecule has 11 heteroatoms. The molecule has 39 heavy (non-hydrogen) atoms. The third-order valence-electron chi connectivity index (χ3n) is 5.96. The van der Waals surface area contributed by atoms with Gasteiger partial charge in [-0.15, -0.1) is 0 Å². The first-order valence-corrected chi connectivity index (χ1v) is 16.1. The molecule has 0 fully saturated rings. The van der Waals surface area contributed by atoms with Crippen LogP contribution in [0.15, 0.2) is 12.2 Å². The van der Waals surface area contributed by atoms with Crippen LogP contribution < -0.4 is 0 Å². The van der Waals surface area contributed by atoms with Gasteiger partial charge in [0, 0.05) is 12.8 Å². The van der Waals surface area contributed by atoms with Gasteiger partial charge in [-0.25, -0.2) is 4.57 Å². The molecule has 0 saturated carbocycles. The molecule has 0 aromatic heterocycles. The van der Waals surface area contributed by atoms with E-state index >= 15 is 0 Å². The third-order valence-corrected chi connectivity index (χ3v) is 6.91. The summed E-state index contributed by atoms with van der Waals surface area (Å²) < 4.78 is 32.0. The number of esters is 2. The van der Waals surface area contributed by atoms with Crippen LogP contribution in [-0.4, -0.2) is 65.7 Å². The van der Waals surface area contributed by atoms with Crippen LogP contribution in [0.5, 0.6) is 0 Å². The molecule has 0 aliphatic rings. The molecule has 10 nitrogen and oxygen atoms in total. The first kappa shape index (κ1) is 37.7. The minimum atomic E-state index is -4.61. The maximum Gasteiger partial charge on any atom is 0.472 e. The Labute approximate surface area is 235 Å². The standard InChI is InChI=1S/C28H53O10P/c1-3-5-7-9-11-12-13-14-16-18-20-28(32)38-26(22-30)24-36-39(33,34)35-23-25(21-29)37-27(31)19-17-15-10-8-6-4-2/h7,9,25-26,29-30H,3-6,8,10-24H2,1-2H3,(H,33,34)/b9-7-. The Morgan fingerprint density at radius 3 is 1.56 bits per heavy atom. The van der Waals surface area contributed by atoms with E-state index in [4.69, 9.17) is 18.5 Å². The van der Waals surface area contributed by atoms with Gasteiger partial charge in [-0.1, -0.05) is 83.8 Å². The van der Waals surface area contributed by atoms with Crippen LogP contribution in [0.4, 0.5) is 0 Å². The molecule has 0 heterocycles. The number of unbranched alkanes of at least 4 members (excludes halogenated alkanes) is 11. The van der Waals surface area contributed by atoms with Crippen molar-refractivity contribution in [3.8, 4) is 0 Å². The molecule has 3 unspecified atom stereocenters. The highest BCUT2D eigenvalue weighted by Crippen LogP contribution is 2.43. The molecule has 3 N–H and O–H groups in total. The smallest absolute Gasteiger partial charge is 0.457 e. The lowest BCUT2D eigenvalue weighted by Gasteiger charge is -2.20. The van der Waals surface area contributed by atoms with Gasteiger partial charge in [-0.05, 0) is 32.1 Å². The lowest BCUT2D eigenvalue weighted by molar-refractivity contribution is -0.153. The Morgan fingerprint density at radius 1 is 0.667 bits per heavy atom. The second-order valence-corrected chi connectivity index (χ2v) is 11.2. The molecule has 0 spiro atoms. The van der Waals surface area contributed by atoms with Crippen molar-refractivity contribution in [1.29, 1.82) is 0 Å². The lowest BCUT2D eigenvalue weighted by atomic mass is 10.1. The van der Waals surface area contributed by atoms with Gasteiger partial charge in [-0.3, -0.25) is 18.6 Å². The van der Waals surface area contributed by atoms with Crippen LogP contribution in [0.2, 0.25) is 0 Å². The molecule has 230 valence electrons. The van der Waals surface area contributed by atoms with Gasteiger partial charge in [0.2, 0.25) is 0 Å². The highest BCUT2D eigenvalue weighted by Gasteiger charge is 2.27. The first-order chi connectivity index (χ1) is 18.8. The van der Waals surface area contributed by atoms with Crippen LogP contribution in [0, 0.1) is 0 Å². The normalized spacial score (nSPS) is 14.7. The number of hydrogen-bond donors (Lipinski definition) is 3. The van der Waals surface area contributed by atoms with E-state index in [0.717, 1.165) is 77.0 Å². The number of allylic oxidation sites excluding steroid dienone is 2. The van der Waals surface area contributed by atoms with Gasteiger partial charge < -0.3 is 24.6 Å². The predicted octanol–water partition coefficient (Wildman–Crippen LogP) is 5.77. The number of rotatable bonds is 27. The van der Waals surface area contributed by atoms with E-state index < -0.39 is 58.4 Å². The fourth-order valence-electron chi connectivity index (χ4n) is 3.64. The third kappa shape index (κ3) is 24.2. The van der Waals surface area contributed by atoms with Crippen molar-refractivity contribution in [3.63, 3.8) is 0 Å². The maximum atomic E-state index is 12.2. The van der Waals surface area contributed by atoms with Crippen molar-refractivity contribution in [1.82, 2.24) is 0 Å². The van der Waals surface area contributed by atoms with Crippen LogP contribution >= 0.6 is 7.82 Å². The van der Waals surface area contributed by atoms with E-state index in [1.54, 1.807) is 0 Å². The van der Waals surface area contributed by atoms with E-state index in [2.05, 4.69) is 26.0 Å². The summed E-state index contributed by atoms with van der Waals surface area (Å²) in [5.74, 6) is -1.04. The molecule has 0 aliphatic heterocycles. The minimum absolute atomic E-state index is 0.183. The van der Waals surface area contributed by atoms with Crippen molar-refractivity contribution < 1.29 is 47.8 Å². The van der Waals surface area contributed by atoms with E-state index in [1.165, 1.54) is 0 Å². The number of ether oxygens (including phenoxy) is 2. The van der Waals surface area contributed by atoms with Gasteiger partial charge in [0.25, 0.3) is 0 Å². The van der Waals surface area contributed by atoms with E-state index in [9.17, 15) is 29.3 Å². The summed E-state index contributed by atoms with van der Waals surface area (Å²) in [6.07, 6.45) is 16.7. The van der Waals surface area contributed by atoms with Crippen molar-refractivity contribution in [2.24, 2.45) is 0 Å². The molecule has 3 atom stereocenters. The SMILES string of the molecule is CCC/C=C\CCCCCCCC(=O)OC(CO)COP(=O)(O)OCC(CO)OC(=O)CCCCCCCC. The van der Waals surface area contributed by atoms with Crippen LogP contribution in [0.1, 0.15) is 117 Å². The summed E-state index contributed by atoms with van der Waals surface area (Å²) in [4.78, 5) is 33.9. The number of carbonyl (C=O) groups is 2. The highest BCUT2D eigenvalue weighted by atomic mass is 31.2. The average Bonchev–Trinajstić information content (AvgIpc) is 2.91. The number of carbonyl (C=O) groups excluding carboxylic acids is 2. The number of phosphoric ester groups is 1. The number of phosphoric acid groups is 1. The molecule has 0 aliphatic carbocycles. The van der Waals surface area contributed by atoms with Crippen LogP contribution in [0.25, 0.3) is 0 Å². The molecular weight excluding hydrogens is 527 g/mol. The summed E-state index contributed by atoms with van der Waals surface area (Å²) >= 11 is 0. The molecule has 0 rings (SSSR count). The molecule has 0 aromatic carbocycles. The maximum absolute atomic E-state index is 12.2. The Bertz CT molecular complexity index is 685. The first-order valence-electron chi connectivity index (χ1n) is 14.6. The summed E-state index contributed by atoms with van der Waals surface area (Å²) in [5.41, 5.74) is 0. The largest absolute Gasteiger partial charge is 0.472 e. The second-order valence-electron chi connectivity index (χ2n) is 9.73. The molecule has 0 bridgehead atoms. The summed E-state index contributed by atoms with van der Waals surface area (Å²) in [7, 11) is -4.61. The van der Waals surface area contributed by atoms with Crippen LogP contribution in [0.3, 0.4) is 0 Å². The molecule has 0 amide bonds. The predicted molar refractivity (Wildman–Crippen MR) is 150 cm³/mol. The Morgan fingerprint density at radius 2 is 1.10 bits per heavy atom. The second kappa shape index (κ2) is 25.7. The summed E-state index contributed by atoms with van der Waals surface area (Å²) in [6.45, 7) is 2.00. The quantitative estimate of drug-likeness (QED) is 0.0473. The summed E-state index contributed by atoms with van der Waals surface area (Å²) in [6, 6.07) is 0. The van der Waals surface area contributed by atoms with E-state index in [1.807, 2.05) is 0 Å². The number of aliphatic hydroxyl groups excluding tert-OH is 2. The zero-order chi connectivity index (χ0) is 29.2. The molecule has 0 aromatic rings. The van der Waals surface area contributed by atoms with Crippen molar-refractivity contribution in [2.45, 2.75) is 129 Å². The highest BCUT2D eigenvalue weighted by molar-refractivity contribution is 7.47. The fraction of sp³-hybridized carbons (Fsp3) is 0.857.